The molecule has 138 valence electrons. The SMILES string of the molecule is COc1ccccc1C(CNC(=O)c1ccc(C)c(F)c1)N1CCCC1. The Bertz CT molecular complexity index is 772. The van der Waals surface area contributed by atoms with Gasteiger partial charge >= 0.3 is 0 Å². The number of carbonyl (C=O) groups is 1. The van der Waals surface area contributed by atoms with Gasteiger partial charge in [-0.3, -0.25) is 9.69 Å². The summed E-state index contributed by atoms with van der Waals surface area (Å²) in [6.45, 7) is 4.13. The monoisotopic (exact) mass is 356 g/mol. The first-order chi connectivity index (χ1) is 12.6. The number of methoxy groups -OCH3 is 1. The quantitative estimate of drug-likeness (QED) is 0.858. The predicted octanol–water partition coefficient (Wildman–Crippen LogP) is 3.71. The molecular formula is C21H25FN2O2. The molecule has 0 bridgehead atoms. The minimum Gasteiger partial charge on any atom is -0.496 e. The van der Waals surface area contributed by atoms with Crippen LogP contribution in [0.3, 0.4) is 0 Å². The highest BCUT2D eigenvalue weighted by atomic mass is 19.1. The molecule has 1 heterocycles. The van der Waals surface area contributed by atoms with Gasteiger partial charge in [-0.25, -0.2) is 4.39 Å². The lowest BCUT2D eigenvalue weighted by atomic mass is 10.0. The van der Waals surface area contributed by atoms with Crippen LogP contribution in [0, 0.1) is 12.7 Å². The van der Waals surface area contributed by atoms with Crippen LogP contribution in [-0.2, 0) is 0 Å². The molecule has 1 amide bonds. The predicted molar refractivity (Wildman–Crippen MR) is 100 cm³/mol. The maximum absolute atomic E-state index is 13.7. The Morgan fingerprint density at radius 1 is 1.23 bits per heavy atom. The highest BCUT2D eigenvalue weighted by Crippen LogP contribution is 2.31. The molecule has 3 rings (SSSR count). The standard InChI is InChI=1S/C21H25FN2O2/c1-15-9-10-16(13-18(15)22)21(25)23-14-19(24-11-5-6-12-24)17-7-3-4-8-20(17)26-2/h3-4,7-10,13,19H,5-6,11-12,14H2,1-2H3,(H,23,25). The normalized spacial score (nSPS) is 15.7. The fourth-order valence-corrected chi connectivity index (χ4v) is 3.46. The van der Waals surface area contributed by atoms with E-state index in [1.807, 2.05) is 24.3 Å². The van der Waals surface area contributed by atoms with E-state index in [0.717, 1.165) is 37.2 Å². The number of likely N-dealkylation sites (tertiary alicyclic amines) is 1. The molecule has 0 saturated carbocycles. The summed E-state index contributed by atoms with van der Waals surface area (Å²) in [6, 6.07) is 12.5. The Hall–Kier alpha value is -2.40. The van der Waals surface area contributed by atoms with E-state index in [4.69, 9.17) is 4.74 Å². The third-order valence-corrected chi connectivity index (χ3v) is 4.97. The molecule has 0 aromatic heterocycles. The van der Waals surface area contributed by atoms with Gasteiger partial charge in [0.05, 0.1) is 13.2 Å². The molecule has 4 nitrogen and oxygen atoms in total. The number of nitrogens with one attached hydrogen (secondary N) is 1. The van der Waals surface area contributed by atoms with Crippen molar-refractivity contribution < 1.29 is 13.9 Å². The summed E-state index contributed by atoms with van der Waals surface area (Å²) in [4.78, 5) is 14.9. The van der Waals surface area contributed by atoms with Crippen molar-refractivity contribution in [1.82, 2.24) is 10.2 Å². The van der Waals surface area contributed by atoms with Crippen LogP contribution >= 0.6 is 0 Å². The molecule has 26 heavy (non-hydrogen) atoms. The number of para-hydroxylation sites is 1. The van der Waals surface area contributed by atoms with Gasteiger partial charge in [0.2, 0.25) is 0 Å². The molecule has 0 spiro atoms. The number of hydrogen-bond acceptors (Lipinski definition) is 3. The Morgan fingerprint density at radius 2 is 1.96 bits per heavy atom. The summed E-state index contributed by atoms with van der Waals surface area (Å²) in [5.41, 5.74) is 1.94. The summed E-state index contributed by atoms with van der Waals surface area (Å²) in [5.74, 6) is 0.196. The minimum atomic E-state index is -0.363. The smallest absolute Gasteiger partial charge is 0.251 e. The van der Waals surface area contributed by atoms with Crippen LogP contribution < -0.4 is 10.1 Å². The molecule has 1 atom stereocenters. The summed E-state index contributed by atoms with van der Waals surface area (Å²) in [7, 11) is 1.66. The third-order valence-electron chi connectivity index (χ3n) is 4.97. The van der Waals surface area contributed by atoms with E-state index in [1.54, 1.807) is 26.2 Å². The number of hydrogen-bond donors (Lipinski definition) is 1. The van der Waals surface area contributed by atoms with Crippen LogP contribution in [-0.4, -0.2) is 37.6 Å². The molecule has 2 aromatic carbocycles. The molecule has 0 radical (unpaired) electrons. The average molecular weight is 356 g/mol. The van der Waals surface area contributed by atoms with E-state index in [9.17, 15) is 9.18 Å². The lowest BCUT2D eigenvalue weighted by Gasteiger charge is -2.29. The zero-order valence-corrected chi connectivity index (χ0v) is 15.3. The van der Waals surface area contributed by atoms with Crippen molar-refractivity contribution in [3.05, 3.63) is 65.0 Å². The molecule has 1 saturated heterocycles. The highest BCUT2D eigenvalue weighted by molar-refractivity contribution is 5.94. The summed E-state index contributed by atoms with van der Waals surface area (Å²) in [6.07, 6.45) is 2.31. The Balaban J connectivity index is 1.77. The van der Waals surface area contributed by atoms with Gasteiger partial charge < -0.3 is 10.1 Å². The molecule has 1 aliphatic heterocycles. The second-order valence-corrected chi connectivity index (χ2v) is 6.67. The van der Waals surface area contributed by atoms with Crippen molar-refractivity contribution in [2.75, 3.05) is 26.7 Å². The average Bonchev–Trinajstić information content (AvgIpc) is 3.19. The second kappa shape index (κ2) is 8.32. The van der Waals surface area contributed by atoms with E-state index in [1.165, 1.54) is 6.07 Å². The molecule has 1 unspecified atom stereocenters. The van der Waals surface area contributed by atoms with Crippen LogP contribution in [0.15, 0.2) is 42.5 Å². The first-order valence-corrected chi connectivity index (χ1v) is 9.01. The van der Waals surface area contributed by atoms with Crippen LogP contribution in [0.25, 0.3) is 0 Å². The molecule has 1 aliphatic rings. The first kappa shape index (κ1) is 18.4. The van der Waals surface area contributed by atoms with E-state index < -0.39 is 0 Å². The number of rotatable bonds is 6. The van der Waals surface area contributed by atoms with Gasteiger partial charge in [0.15, 0.2) is 0 Å². The lowest BCUT2D eigenvalue weighted by Crippen LogP contribution is -2.37. The summed E-state index contributed by atoms with van der Waals surface area (Å²) < 4.78 is 19.3. The number of aryl methyl sites for hydroxylation is 1. The molecule has 1 N–H and O–H groups in total. The highest BCUT2D eigenvalue weighted by Gasteiger charge is 2.26. The molecular weight excluding hydrogens is 331 g/mol. The van der Waals surface area contributed by atoms with Crippen LogP contribution in [0.1, 0.15) is 40.4 Å². The van der Waals surface area contributed by atoms with Crippen molar-refractivity contribution in [2.45, 2.75) is 25.8 Å². The van der Waals surface area contributed by atoms with Crippen molar-refractivity contribution >= 4 is 5.91 Å². The third kappa shape index (κ3) is 4.05. The van der Waals surface area contributed by atoms with Crippen molar-refractivity contribution in [2.24, 2.45) is 0 Å². The fourth-order valence-electron chi connectivity index (χ4n) is 3.46. The molecule has 5 heteroatoms. The van der Waals surface area contributed by atoms with Crippen molar-refractivity contribution in [3.63, 3.8) is 0 Å². The number of amides is 1. The van der Waals surface area contributed by atoms with Crippen LogP contribution in [0.2, 0.25) is 0 Å². The van der Waals surface area contributed by atoms with Gasteiger partial charge in [-0.2, -0.15) is 0 Å². The number of nitrogens with zero attached hydrogens (tertiary/aromatic N) is 1. The zero-order valence-electron chi connectivity index (χ0n) is 15.3. The van der Waals surface area contributed by atoms with E-state index in [2.05, 4.69) is 10.2 Å². The van der Waals surface area contributed by atoms with Crippen LogP contribution in [0.4, 0.5) is 4.39 Å². The minimum absolute atomic E-state index is 0.0351. The maximum atomic E-state index is 13.7. The zero-order chi connectivity index (χ0) is 18.5. The van der Waals surface area contributed by atoms with E-state index >= 15 is 0 Å². The van der Waals surface area contributed by atoms with Gasteiger partial charge in [0.1, 0.15) is 11.6 Å². The first-order valence-electron chi connectivity index (χ1n) is 9.01. The molecule has 0 aliphatic carbocycles. The van der Waals surface area contributed by atoms with Gasteiger partial charge in [0.25, 0.3) is 5.91 Å². The Kier molecular flexibility index (Phi) is 5.89. The largest absolute Gasteiger partial charge is 0.496 e. The maximum Gasteiger partial charge on any atom is 0.251 e. The molecule has 2 aromatic rings. The number of ether oxygens (including phenoxy) is 1. The van der Waals surface area contributed by atoms with Crippen molar-refractivity contribution in [1.29, 1.82) is 0 Å². The van der Waals surface area contributed by atoms with E-state index in [0.29, 0.717) is 17.7 Å². The van der Waals surface area contributed by atoms with Crippen LogP contribution in [0.5, 0.6) is 5.75 Å². The molecule has 1 fully saturated rings. The fraction of sp³-hybridized carbons (Fsp3) is 0.381. The van der Waals surface area contributed by atoms with Gasteiger partial charge in [-0.1, -0.05) is 24.3 Å². The Labute approximate surface area is 154 Å². The topological polar surface area (TPSA) is 41.6 Å². The Morgan fingerprint density at radius 3 is 2.65 bits per heavy atom. The second-order valence-electron chi connectivity index (χ2n) is 6.67. The van der Waals surface area contributed by atoms with Gasteiger partial charge in [-0.05, 0) is 56.6 Å². The van der Waals surface area contributed by atoms with E-state index in [-0.39, 0.29) is 17.8 Å². The lowest BCUT2D eigenvalue weighted by molar-refractivity contribution is 0.0937. The number of halogens is 1. The van der Waals surface area contributed by atoms with Crippen molar-refractivity contribution in [3.8, 4) is 5.75 Å². The number of carbonyl (C=O) groups excluding carboxylic acids is 1. The summed E-state index contributed by atoms with van der Waals surface area (Å²) >= 11 is 0. The summed E-state index contributed by atoms with van der Waals surface area (Å²) in [5, 5.41) is 2.97. The van der Waals surface area contributed by atoms with Gasteiger partial charge in [-0.15, -0.1) is 0 Å². The van der Waals surface area contributed by atoms with Gasteiger partial charge in [0, 0.05) is 17.7 Å². The number of benzene rings is 2.